The first-order valence-corrected chi connectivity index (χ1v) is 10.8. The zero-order valence-corrected chi connectivity index (χ0v) is 18.5. The van der Waals surface area contributed by atoms with Gasteiger partial charge in [0.25, 0.3) is 5.91 Å². The molecular weight excluding hydrogens is 390 g/mol. The van der Waals surface area contributed by atoms with E-state index < -0.39 is 0 Å². The van der Waals surface area contributed by atoms with Crippen LogP contribution < -0.4 is 4.74 Å². The topological polar surface area (TPSA) is 78.5 Å². The van der Waals surface area contributed by atoms with Crippen molar-refractivity contribution in [2.75, 3.05) is 13.7 Å². The summed E-state index contributed by atoms with van der Waals surface area (Å²) in [6, 6.07) is 11.4. The van der Waals surface area contributed by atoms with Crippen molar-refractivity contribution < 1.29 is 14.6 Å². The summed E-state index contributed by atoms with van der Waals surface area (Å²) in [6.07, 6.45) is 3.09. The molecule has 0 saturated heterocycles. The summed E-state index contributed by atoms with van der Waals surface area (Å²) < 4.78 is 5.32. The zero-order valence-electron chi connectivity index (χ0n) is 18.5. The number of carbonyl (C=O) groups excluding carboxylic acids is 1. The molecule has 2 heterocycles. The van der Waals surface area contributed by atoms with Crippen LogP contribution in [0.15, 0.2) is 36.4 Å². The Morgan fingerprint density at radius 1 is 1.16 bits per heavy atom. The number of nitrogens with one attached hydrogen (secondary N) is 1. The van der Waals surface area contributed by atoms with Gasteiger partial charge in [-0.05, 0) is 55.2 Å². The molecule has 0 fully saturated rings. The lowest BCUT2D eigenvalue weighted by Crippen LogP contribution is -2.30. The van der Waals surface area contributed by atoms with Gasteiger partial charge < -0.3 is 14.7 Å². The number of nitrogens with zero attached hydrogens (tertiary/aromatic N) is 2. The van der Waals surface area contributed by atoms with Crippen LogP contribution in [0.1, 0.15) is 65.0 Å². The number of aromatic amines is 1. The molecule has 0 spiro atoms. The van der Waals surface area contributed by atoms with Crippen molar-refractivity contribution >= 4 is 5.91 Å². The van der Waals surface area contributed by atoms with E-state index in [1.165, 1.54) is 0 Å². The molecule has 6 heteroatoms. The molecule has 0 radical (unpaired) electrons. The maximum atomic E-state index is 13.3. The van der Waals surface area contributed by atoms with Gasteiger partial charge in [0, 0.05) is 17.7 Å². The lowest BCUT2D eigenvalue weighted by atomic mass is 9.94. The molecule has 1 unspecified atom stereocenters. The third-order valence-electron chi connectivity index (χ3n) is 6.00. The molecule has 1 atom stereocenters. The van der Waals surface area contributed by atoms with E-state index in [1.54, 1.807) is 7.11 Å². The highest BCUT2D eigenvalue weighted by molar-refractivity contribution is 6.00. The zero-order chi connectivity index (χ0) is 22.1. The number of fused-ring (bicyclic) bond motifs is 1. The van der Waals surface area contributed by atoms with E-state index in [1.807, 2.05) is 55.1 Å². The highest BCUT2D eigenvalue weighted by Crippen LogP contribution is 2.45. The van der Waals surface area contributed by atoms with Crippen molar-refractivity contribution in [3.8, 4) is 22.8 Å². The largest absolute Gasteiger partial charge is 0.507 e. The van der Waals surface area contributed by atoms with Crippen molar-refractivity contribution in [2.24, 2.45) is 0 Å². The Labute approximate surface area is 182 Å². The highest BCUT2D eigenvalue weighted by atomic mass is 16.5. The number of amides is 1. The summed E-state index contributed by atoms with van der Waals surface area (Å²) >= 11 is 0. The first kappa shape index (κ1) is 21.0. The molecule has 1 amide bonds. The summed E-state index contributed by atoms with van der Waals surface area (Å²) in [5, 5.41) is 18.2. The summed E-state index contributed by atoms with van der Waals surface area (Å²) in [4.78, 5) is 15.2. The van der Waals surface area contributed by atoms with Crippen LogP contribution in [0, 0.1) is 13.8 Å². The number of rotatable bonds is 7. The van der Waals surface area contributed by atoms with Crippen LogP contribution in [0.4, 0.5) is 0 Å². The number of ether oxygens (including phenoxy) is 1. The Bertz CT molecular complexity index is 1100. The number of phenols is 1. The number of methoxy groups -OCH3 is 1. The number of benzene rings is 2. The number of aryl methyl sites for hydroxylation is 2. The predicted molar refractivity (Wildman–Crippen MR) is 121 cm³/mol. The van der Waals surface area contributed by atoms with E-state index in [0.29, 0.717) is 23.5 Å². The molecule has 0 saturated carbocycles. The fourth-order valence-corrected chi connectivity index (χ4v) is 4.44. The van der Waals surface area contributed by atoms with E-state index in [9.17, 15) is 9.90 Å². The third-order valence-corrected chi connectivity index (χ3v) is 6.00. The number of H-pyrrole nitrogens is 1. The minimum Gasteiger partial charge on any atom is -0.507 e. The van der Waals surface area contributed by atoms with E-state index in [0.717, 1.165) is 47.3 Å². The number of aromatic hydroxyl groups is 1. The van der Waals surface area contributed by atoms with Gasteiger partial charge in [-0.15, -0.1) is 0 Å². The summed E-state index contributed by atoms with van der Waals surface area (Å²) in [5.74, 6) is 0.921. The lowest BCUT2D eigenvalue weighted by Gasteiger charge is -2.26. The maximum absolute atomic E-state index is 13.3. The standard InChI is InChI=1S/C25H29N3O3/c1-5-6-7-12-28-23(17-8-10-18(31-4)11-9-17)20-21(26-27-22(20)25(28)30)19-14-15(2)13-16(3)24(19)29/h8-11,13-14,23,29H,5-7,12H2,1-4H3,(H,26,27). The monoisotopic (exact) mass is 419 g/mol. The molecule has 162 valence electrons. The smallest absolute Gasteiger partial charge is 0.273 e. The average Bonchev–Trinajstić information content (AvgIpc) is 3.30. The van der Waals surface area contributed by atoms with Crippen molar-refractivity contribution in [1.82, 2.24) is 15.1 Å². The molecule has 31 heavy (non-hydrogen) atoms. The van der Waals surface area contributed by atoms with Crippen LogP contribution >= 0.6 is 0 Å². The maximum Gasteiger partial charge on any atom is 0.273 e. The summed E-state index contributed by atoms with van der Waals surface area (Å²) in [7, 11) is 1.64. The van der Waals surface area contributed by atoms with E-state index in [-0.39, 0.29) is 17.7 Å². The van der Waals surface area contributed by atoms with Crippen LogP contribution in [-0.2, 0) is 0 Å². The Morgan fingerprint density at radius 3 is 2.58 bits per heavy atom. The van der Waals surface area contributed by atoms with Gasteiger partial charge >= 0.3 is 0 Å². The molecule has 6 nitrogen and oxygen atoms in total. The van der Waals surface area contributed by atoms with Gasteiger partial charge in [-0.3, -0.25) is 9.89 Å². The second-order valence-corrected chi connectivity index (χ2v) is 8.22. The molecule has 2 aromatic carbocycles. The van der Waals surface area contributed by atoms with Gasteiger partial charge in [0.05, 0.1) is 13.2 Å². The van der Waals surface area contributed by atoms with Crippen LogP contribution in [0.2, 0.25) is 0 Å². The van der Waals surface area contributed by atoms with E-state index in [4.69, 9.17) is 4.74 Å². The second-order valence-electron chi connectivity index (χ2n) is 8.22. The summed E-state index contributed by atoms with van der Waals surface area (Å²) in [6.45, 7) is 6.69. The minimum atomic E-state index is -0.265. The van der Waals surface area contributed by atoms with Gasteiger partial charge in [-0.1, -0.05) is 38.0 Å². The molecule has 2 N–H and O–H groups in total. The molecule has 0 aliphatic carbocycles. The normalized spacial score (nSPS) is 15.4. The van der Waals surface area contributed by atoms with E-state index in [2.05, 4.69) is 17.1 Å². The van der Waals surface area contributed by atoms with Crippen molar-refractivity contribution in [3.63, 3.8) is 0 Å². The van der Waals surface area contributed by atoms with Gasteiger partial charge in [0.2, 0.25) is 0 Å². The van der Waals surface area contributed by atoms with Gasteiger partial charge in [-0.2, -0.15) is 5.10 Å². The molecule has 3 aromatic rings. The molecule has 1 aromatic heterocycles. The fraction of sp³-hybridized carbons (Fsp3) is 0.360. The van der Waals surface area contributed by atoms with Crippen LogP contribution in [0.25, 0.3) is 11.3 Å². The number of hydrogen-bond donors (Lipinski definition) is 2. The fourth-order valence-electron chi connectivity index (χ4n) is 4.44. The Balaban J connectivity index is 1.86. The first-order valence-electron chi connectivity index (χ1n) is 10.8. The second kappa shape index (κ2) is 8.46. The van der Waals surface area contributed by atoms with Crippen molar-refractivity contribution in [3.05, 3.63) is 64.3 Å². The predicted octanol–water partition coefficient (Wildman–Crippen LogP) is 5.14. The van der Waals surface area contributed by atoms with Gasteiger partial charge in [0.15, 0.2) is 0 Å². The number of phenolic OH excluding ortho intramolecular Hbond substituents is 1. The Morgan fingerprint density at radius 2 is 1.90 bits per heavy atom. The van der Waals surface area contributed by atoms with Crippen molar-refractivity contribution in [2.45, 2.75) is 46.1 Å². The minimum absolute atomic E-state index is 0.0467. The molecule has 1 aliphatic heterocycles. The van der Waals surface area contributed by atoms with Crippen LogP contribution in [0.3, 0.4) is 0 Å². The van der Waals surface area contributed by atoms with E-state index >= 15 is 0 Å². The molecule has 1 aliphatic rings. The lowest BCUT2D eigenvalue weighted by molar-refractivity contribution is 0.0740. The number of aromatic nitrogens is 2. The third kappa shape index (κ3) is 3.67. The molecular formula is C25H29N3O3. The van der Waals surface area contributed by atoms with Crippen molar-refractivity contribution in [1.29, 1.82) is 0 Å². The molecule has 4 rings (SSSR count). The number of carbonyl (C=O) groups is 1. The van der Waals surface area contributed by atoms with Crippen LogP contribution in [-0.4, -0.2) is 39.8 Å². The first-order chi connectivity index (χ1) is 15.0. The quantitative estimate of drug-likeness (QED) is 0.520. The highest BCUT2D eigenvalue weighted by Gasteiger charge is 2.42. The number of unbranched alkanes of at least 4 members (excludes halogenated alkanes) is 2. The SMILES string of the molecule is CCCCCN1C(=O)c2[nH]nc(-c3cc(C)cc(C)c3O)c2C1c1ccc(OC)cc1. The molecule has 0 bridgehead atoms. The van der Waals surface area contributed by atoms with Gasteiger partial charge in [0.1, 0.15) is 22.9 Å². The average molecular weight is 420 g/mol. The summed E-state index contributed by atoms with van der Waals surface area (Å²) in [5.41, 5.74) is 5.43. The number of hydrogen-bond acceptors (Lipinski definition) is 4. The van der Waals surface area contributed by atoms with Crippen LogP contribution in [0.5, 0.6) is 11.5 Å². The Kier molecular flexibility index (Phi) is 5.72. The Hall–Kier alpha value is -3.28. The van der Waals surface area contributed by atoms with Gasteiger partial charge in [-0.25, -0.2) is 0 Å².